The van der Waals surface area contributed by atoms with Crippen LogP contribution in [0.4, 0.5) is 8.78 Å². The first-order chi connectivity index (χ1) is 11.9. The lowest BCUT2D eigenvalue weighted by Gasteiger charge is -2.29. The summed E-state index contributed by atoms with van der Waals surface area (Å²) in [6.07, 6.45) is 7.41. The lowest BCUT2D eigenvalue weighted by Crippen LogP contribution is -2.37. The predicted molar refractivity (Wildman–Crippen MR) is 107 cm³/mol. The van der Waals surface area contributed by atoms with Crippen LogP contribution in [0.15, 0.2) is 23.3 Å². The fourth-order valence-electron chi connectivity index (χ4n) is 2.57. The van der Waals surface area contributed by atoms with Gasteiger partial charge in [-0.25, -0.2) is 4.39 Å². The van der Waals surface area contributed by atoms with Crippen molar-refractivity contribution in [2.45, 2.75) is 86.7 Å². The normalized spacial score (nSPS) is 14.9. The average molecular weight is 362 g/mol. The van der Waals surface area contributed by atoms with Gasteiger partial charge in [-0.15, -0.1) is 0 Å². The van der Waals surface area contributed by atoms with Crippen molar-refractivity contribution in [2.24, 2.45) is 0 Å². The highest BCUT2D eigenvalue weighted by Crippen LogP contribution is 2.28. The van der Waals surface area contributed by atoms with E-state index >= 15 is 0 Å². The molecule has 150 valence electrons. The van der Waals surface area contributed by atoms with Crippen LogP contribution in [-0.4, -0.2) is 36.7 Å². The van der Waals surface area contributed by atoms with Crippen molar-refractivity contribution in [1.29, 1.82) is 0 Å². The molecule has 0 aromatic heterocycles. The minimum Gasteiger partial charge on any atom is -0.339 e. The van der Waals surface area contributed by atoms with Crippen molar-refractivity contribution in [3.63, 3.8) is 0 Å². The van der Waals surface area contributed by atoms with Crippen LogP contribution in [0.1, 0.15) is 81.1 Å². The molecule has 4 heteroatoms. The third kappa shape index (κ3) is 11.1. The van der Waals surface area contributed by atoms with Crippen LogP contribution in [-0.2, 0) is 4.79 Å². The van der Waals surface area contributed by atoms with Gasteiger partial charge in [0, 0.05) is 18.7 Å². The summed E-state index contributed by atoms with van der Waals surface area (Å²) in [6, 6.07) is 0. The molecule has 0 aromatic rings. The first kappa shape index (κ1) is 28.6. The summed E-state index contributed by atoms with van der Waals surface area (Å²) in [5, 5.41) is 0. The Balaban J connectivity index is -0.000000725. The molecule has 0 aromatic carbocycles. The van der Waals surface area contributed by atoms with E-state index in [1.165, 1.54) is 20.3 Å². The van der Waals surface area contributed by atoms with Crippen molar-refractivity contribution in [1.82, 2.24) is 4.90 Å². The Morgan fingerprint density at radius 3 is 1.80 bits per heavy atom. The van der Waals surface area contributed by atoms with E-state index < -0.39 is 5.67 Å². The highest BCUT2D eigenvalue weighted by molar-refractivity contribution is 5.95. The van der Waals surface area contributed by atoms with Crippen molar-refractivity contribution in [2.75, 3.05) is 20.3 Å². The Morgan fingerprint density at radius 1 is 1.04 bits per heavy atom. The molecule has 0 saturated carbocycles. The van der Waals surface area contributed by atoms with Gasteiger partial charge in [0.25, 0.3) is 0 Å². The number of amides is 1. The van der Waals surface area contributed by atoms with Crippen LogP contribution in [0.3, 0.4) is 0 Å². The second-order valence-electron chi connectivity index (χ2n) is 5.57. The zero-order chi connectivity index (χ0) is 20.5. The number of hydrogen-bond donors (Lipinski definition) is 0. The van der Waals surface area contributed by atoms with Crippen molar-refractivity contribution in [3.05, 3.63) is 23.3 Å². The Morgan fingerprint density at radius 2 is 1.48 bits per heavy atom. The zero-order valence-electron chi connectivity index (χ0n) is 18.0. The summed E-state index contributed by atoms with van der Waals surface area (Å²) in [5.41, 5.74) is -0.343. The van der Waals surface area contributed by atoms with E-state index in [4.69, 9.17) is 0 Å². The van der Waals surface area contributed by atoms with E-state index in [-0.39, 0.29) is 5.91 Å². The number of carbonyl (C=O) groups excluding carboxylic acids is 1. The minimum absolute atomic E-state index is 0.0148. The molecule has 1 aliphatic rings. The molecule has 2 nitrogen and oxygen atoms in total. The predicted octanol–water partition coefficient (Wildman–Crippen LogP) is 6.67. The van der Waals surface area contributed by atoms with E-state index in [2.05, 4.69) is 0 Å². The van der Waals surface area contributed by atoms with Gasteiger partial charge in [-0.2, -0.15) is 0 Å². The first-order valence-corrected chi connectivity index (χ1v) is 9.64. The quantitative estimate of drug-likeness (QED) is 0.404. The number of piperidine rings is 1. The molecule has 25 heavy (non-hydrogen) atoms. The van der Waals surface area contributed by atoms with E-state index in [0.717, 1.165) is 25.9 Å². The first-order valence-electron chi connectivity index (χ1n) is 9.64. The summed E-state index contributed by atoms with van der Waals surface area (Å²) < 4.78 is 23.8. The minimum atomic E-state index is -1.48. The number of hydrogen-bond acceptors (Lipinski definition) is 1. The third-order valence-corrected chi connectivity index (χ3v) is 3.55. The van der Waals surface area contributed by atoms with E-state index in [9.17, 15) is 13.6 Å². The standard InChI is InChI=1S/C16H26FNO.2C2H6.CH3F/c1-5-10-14(16(3,4)17)13(6-2)15(19)18-11-8-7-9-12-18;3*1-2/h5,10H,6-9,11-12H2,1-4H3;2*1-2H3;1H3/b10-5-,14-13-;;;. The largest absolute Gasteiger partial charge is 0.339 e. The molecule has 0 aliphatic carbocycles. The van der Waals surface area contributed by atoms with Crippen LogP contribution < -0.4 is 0 Å². The smallest absolute Gasteiger partial charge is 0.250 e. The third-order valence-electron chi connectivity index (χ3n) is 3.55. The van der Waals surface area contributed by atoms with Gasteiger partial charge in [-0.1, -0.05) is 46.8 Å². The number of halogens is 2. The Hall–Kier alpha value is -1.19. The fourth-order valence-corrected chi connectivity index (χ4v) is 2.57. The molecule has 1 amide bonds. The maximum atomic E-state index is 14.3. The summed E-state index contributed by atoms with van der Waals surface area (Å²) >= 11 is 0. The number of likely N-dealkylation sites (tertiary alicyclic amines) is 1. The molecular formula is C21H41F2NO. The van der Waals surface area contributed by atoms with Gasteiger partial charge in [0.2, 0.25) is 5.91 Å². The lowest BCUT2D eigenvalue weighted by molar-refractivity contribution is -0.128. The second-order valence-corrected chi connectivity index (χ2v) is 5.57. The lowest BCUT2D eigenvalue weighted by atomic mass is 9.91. The molecule has 1 rings (SSSR count). The monoisotopic (exact) mass is 361 g/mol. The Bertz CT molecular complexity index is 376. The molecule has 1 fully saturated rings. The molecule has 0 atom stereocenters. The van der Waals surface area contributed by atoms with Crippen LogP contribution in [0, 0.1) is 0 Å². The summed E-state index contributed by atoms with van der Waals surface area (Å²) in [7, 11) is 0.500. The summed E-state index contributed by atoms with van der Waals surface area (Å²) in [4.78, 5) is 14.4. The van der Waals surface area contributed by atoms with Gasteiger partial charge in [0.1, 0.15) is 5.67 Å². The second kappa shape index (κ2) is 17.6. The van der Waals surface area contributed by atoms with Gasteiger partial charge >= 0.3 is 0 Å². The molecule has 1 aliphatic heterocycles. The van der Waals surface area contributed by atoms with E-state index in [1.807, 2.05) is 46.4 Å². The van der Waals surface area contributed by atoms with E-state index in [0.29, 0.717) is 24.7 Å². The maximum Gasteiger partial charge on any atom is 0.250 e. The van der Waals surface area contributed by atoms with Crippen LogP contribution in [0.25, 0.3) is 0 Å². The van der Waals surface area contributed by atoms with Gasteiger partial charge in [-0.3, -0.25) is 9.18 Å². The number of carbonyl (C=O) groups is 1. The van der Waals surface area contributed by atoms with Gasteiger partial charge in [-0.05, 0) is 52.0 Å². The Labute approximate surface area is 155 Å². The van der Waals surface area contributed by atoms with E-state index in [1.54, 1.807) is 12.2 Å². The Kier molecular flexibility index (Phi) is 20.2. The topological polar surface area (TPSA) is 20.3 Å². The zero-order valence-corrected chi connectivity index (χ0v) is 18.0. The number of nitrogens with zero attached hydrogens (tertiary/aromatic N) is 1. The fraction of sp³-hybridized carbons (Fsp3) is 0.762. The highest BCUT2D eigenvalue weighted by atomic mass is 19.1. The van der Waals surface area contributed by atoms with Gasteiger partial charge in [0.05, 0.1) is 7.18 Å². The molecule has 0 radical (unpaired) electrons. The maximum absolute atomic E-state index is 14.3. The number of alkyl halides is 2. The summed E-state index contributed by atoms with van der Waals surface area (Å²) in [5.74, 6) is 0.0148. The van der Waals surface area contributed by atoms with Gasteiger partial charge < -0.3 is 4.90 Å². The highest BCUT2D eigenvalue weighted by Gasteiger charge is 2.28. The summed E-state index contributed by atoms with van der Waals surface area (Å²) in [6.45, 7) is 16.4. The number of rotatable bonds is 4. The molecular weight excluding hydrogens is 320 g/mol. The molecule has 0 unspecified atom stereocenters. The van der Waals surface area contributed by atoms with Crippen LogP contribution in [0.2, 0.25) is 0 Å². The van der Waals surface area contributed by atoms with Crippen molar-refractivity contribution >= 4 is 5.91 Å². The van der Waals surface area contributed by atoms with Crippen molar-refractivity contribution < 1.29 is 13.6 Å². The van der Waals surface area contributed by atoms with Crippen LogP contribution in [0.5, 0.6) is 0 Å². The van der Waals surface area contributed by atoms with Gasteiger partial charge in [0.15, 0.2) is 0 Å². The molecule has 1 saturated heterocycles. The SMILES string of the molecule is C/C=C\C(=C(/CC)C(=O)N1CCCCC1)C(C)(C)F.CC.CC.CF. The molecule has 0 spiro atoms. The molecule has 1 heterocycles. The average Bonchev–Trinajstić information content (AvgIpc) is 2.66. The number of allylic oxidation sites excluding steroid dienone is 3. The van der Waals surface area contributed by atoms with Crippen LogP contribution >= 0.6 is 0 Å². The van der Waals surface area contributed by atoms with Crippen molar-refractivity contribution in [3.8, 4) is 0 Å². The molecule has 0 N–H and O–H groups in total. The molecule has 0 bridgehead atoms.